The van der Waals surface area contributed by atoms with Gasteiger partial charge in [-0.1, -0.05) is 36.4 Å². The Balaban J connectivity index is 1.84. The van der Waals surface area contributed by atoms with Gasteiger partial charge >= 0.3 is 0 Å². The summed E-state index contributed by atoms with van der Waals surface area (Å²) in [6.45, 7) is 0.806. The highest BCUT2D eigenvalue weighted by Gasteiger charge is 2.17. The maximum atomic E-state index is 11.6. The second-order valence-electron chi connectivity index (χ2n) is 4.05. The van der Waals surface area contributed by atoms with Crippen LogP contribution in [0.1, 0.15) is 24.8 Å². The van der Waals surface area contributed by atoms with Crippen LogP contribution >= 0.6 is 0 Å². The molecular weight excluding hydrogens is 200 g/mol. The standard InChI is InChI=1S/C14H16O2/c15-13(11-14-7-4-10-16-14)9-8-12-5-2-1-3-6-12/h1-3,5-6,8-9,14H,4,7,10-11H2/b9-8+. The van der Waals surface area contributed by atoms with Crippen LogP contribution in [0, 0.1) is 0 Å². The summed E-state index contributed by atoms with van der Waals surface area (Å²) in [5.41, 5.74) is 1.06. The average Bonchev–Trinajstić information content (AvgIpc) is 2.81. The molecule has 0 saturated carbocycles. The van der Waals surface area contributed by atoms with Crippen LogP contribution in [0.3, 0.4) is 0 Å². The Bertz CT molecular complexity index is 362. The summed E-state index contributed by atoms with van der Waals surface area (Å²) in [5, 5.41) is 0. The fraction of sp³-hybridized carbons (Fsp3) is 0.357. The molecule has 1 fully saturated rings. The van der Waals surface area contributed by atoms with E-state index in [1.54, 1.807) is 6.08 Å². The van der Waals surface area contributed by atoms with Gasteiger partial charge in [0.25, 0.3) is 0 Å². The summed E-state index contributed by atoms with van der Waals surface area (Å²) < 4.78 is 5.42. The normalized spacial score (nSPS) is 20.4. The lowest BCUT2D eigenvalue weighted by Gasteiger charge is -2.05. The molecule has 1 aliphatic heterocycles. The van der Waals surface area contributed by atoms with Crippen molar-refractivity contribution in [1.82, 2.24) is 0 Å². The van der Waals surface area contributed by atoms with Crippen molar-refractivity contribution in [1.29, 1.82) is 0 Å². The minimum absolute atomic E-state index is 0.146. The molecule has 0 N–H and O–H groups in total. The third kappa shape index (κ3) is 3.31. The van der Waals surface area contributed by atoms with Gasteiger partial charge < -0.3 is 4.74 Å². The molecule has 0 bridgehead atoms. The molecule has 1 atom stereocenters. The van der Waals surface area contributed by atoms with Crippen molar-refractivity contribution in [3.05, 3.63) is 42.0 Å². The highest BCUT2D eigenvalue weighted by atomic mass is 16.5. The predicted molar refractivity (Wildman–Crippen MR) is 64.1 cm³/mol. The lowest BCUT2D eigenvalue weighted by Crippen LogP contribution is -2.10. The van der Waals surface area contributed by atoms with Gasteiger partial charge in [0.15, 0.2) is 5.78 Å². The van der Waals surface area contributed by atoms with Gasteiger partial charge in [-0.15, -0.1) is 0 Å². The molecule has 0 spiro atoms. The quantitative estimate of drug-likeness (QED) is 0.723. The molecule has 1 aliphatic rings. The second-order valence-corrected chi connectivity index (χ2v) is 4.05. The molecule has 1 saturated heterocycles. The summed E-state index contributed by atoms with van der Waals surface area (Å²) in [6, 6.07) is 9.85. The molecule has 1 aromatic carbocycles. The Hall–Kier alpha value is -1.41. The first-order valence-corrected chi connectivity index (χ1v) is 5.72. The maximum absolute atomic E-state index is 11.6. The van der Waals surface area contributed by atoms with Crippen molar-refractivity contribution >= 4 is 11.9 Å². The molecule has 1 aromatic rings. The number of carbonyl (C=O) groups excluding carboxylic acids is 1. The van der Waals surface area contributed by atoms with Crippen LogP contribution in [-0.4, -0.2) is 18.5 Å². The van der Waals surface area contributed by atoms with Crippen molar-refractivity contribution in [3.63, 3.8) is 0 Å². The molecule has 16 heavy (non-hydrogen) atoms. The molecule has 2 nitrogen and oxygen atoms in total. The number of hydrogen-bond donors (Lipinski definition) is 0. The highest BCUT2D eigenvalue weighted by molar-refractivity contribution is 5.93. The van der Waals surface area contributed by atoms with E-state index in [-0.39, 0.29) is 11.9 Å². The summed E-state index contributed by atoms with van der Waals surface area (Å²) in [7, 11) is 0. The first kappa shape index (κ1) is 11.1. The molecule has 1 heterocycles. The van der Waals surface area contributed by atoms with Crippen LogP contribution in [0.25, 0.3) is 6.08 Å². The van der Waals surface area contributed by atoms with Crippen molar-refractivity contribution < 1.29 is 9.53 Å². The first-order chi connectivity index (χ1) is 7.84. The fourth-order valence-electron chi connectivity index (χ4n) is 1.85. The van der Waals surface area contributed by atoms with Gasteiger partial charge in [-0.25, -0.2) is 0 Å². The third-order valence-corrected chi connectivity index (χ3v) is 2.71. The van der Waals surface area contributed by atoms with Gasteiger partial charge in [-0.05, 0) is 24.5 Å². The number of benzene rings is 1. The molecule has 2 heteroatoms. The van der Waals surface area contributed by atoms with Crippen LogP contribution < -0.4 is 0 Å². The summed E-state index contributed by atoms with van der Waals surface area (Å²) in [4.78, 5) is 11.6. The minimum Gasteiger partial charge on any atom is -0.378 e. The fourth-order valence-corrected chi connectivity index (χ4v) is 1.85. The van der Waals surface area contributed by atoms with Gasteiger partial charge in [0.1, 0.15) is 0 Å². The van der Waals surface area contributed by atoms with Gasteiger partial charge in [0, 0.05) is 13.0 Å². The van der Waals surface area contributed by atoms with Gasteiger partial charge in [-0.3, -0.25) is 4.79 Å². The van der Waals surface area contributed by atoms with Crippen molar-refractivity contribution in [3.8, 4) is 0 Å². The van der Waals surface area contributed by atoms with Gasteiger partial charge in [0.2, 0.25) is 0 Å². The molecular formula is C14H16O2. The molecule has 2 rings (SSSR count). The number of hydrogen-bond acceptors (Lipinski definition) is 2. The Kier molecular flexibility index (Phi) is 3.89. The lowest BCUT2D eigenvalue weighted by atomic mass is 10.1. The zero-order valence-corrected chi connectivity index (χ0v) is 9.26. The van der Waals surface area contributed by atoms with E-state index in [9.17, 15) is 4.79 Å². The second kappa shape index (κ2) is 5.61. The number of carbonyl (C=O) groups is 1. The van der Waals surface area contributed by atoms with E-state index in [1.165, 1.54) is 0 Å². The van der Waals surface area contributed by atoms with Crippen LogP contribution in [0.5, 0.6) is 0 Å². The Morgan fingerprint density at radius 2 is 2.19 bits per heavy atom. The predicted octanol–water partition coefficient (Wildman–Crippen LogP) is 2.84. The maximum Gasteiger partial charge on any atom is 0.158 e. The highest BCUT2D eigenvalue weighted by Crippen LogP contribution is 2.15. The topological polar surface area (TPSA) is 26.3 Å². The summed E-state index contributed by atoms with van der Waals surface area (Å²) in [5.74, 6) is 0.149. The van der Waals surface area contributed by atoms with E-state index < -0.39 is 0 Å². The average molecular weight is 216 g/mol. The van der Waals surface area contributed by atoms with Gasteiger partial charge in [0.05, 0.1) is 6.10 Å². The Morgan fingerprint density at radius 1 is 1.38 bits per heavy atom. The molecule has 0 radical (unpaired) electrons. The number of ether oxygens (including phenoxy) is 1. The number of allylic oxidation sites excluding steroid dienone is 1. The van der Waals surface area contributed by atoms with Crippen molar-refractivity contribution in [2.75, 3.05) is 6.61 Å². The first-order valence-electron chi connectivity index (χ1n) is 5.72. The van der Waals surface area contributed by atoms with Crippen LogP contribution in [-0.2, 0) is 9.53 Å². The minimum atomic E-state index is 0.146. The van der Waals surface area contributed by atoms with E-state index in [0.717, 1.165) is 25.0 Å². The van der Waals surface area contributed by atoms with Gasteiger partial charge in [-0.2, -0.15) is 0 Å². The molecule has 0 amide bonds. The zero-order valence-electron chi connectivity index (χ0n) is 9.26. The molecule has 0 aliphatic carbocycles. The largest absolute Gasteiger partial charge is 0.378 e. The van der Waals surface area contributed by atoms with E-state index in [4.69, 9.17) is 4.74 Å². The smallest absolute Gasteiger partial charge is 0.158 e. The summed E-state index contributed by atoms with van der Waals surface area (Å²) in [6.07, 6.45) is 6.27. The third-order valence-electron chi connectivity index (χ3n) is 2.71. The zero-order chi connectivity index (χ0) is 11.2. The number of rotatable bonds is 4. The van der Waals surface area contributed by atoms with E-state index in [2.05, 4.69) is 0 Å². The Labute approximate surface area is 95.9 Å². The van der Waals surface area contributed by atoms with E-state index >= 15 is 0 Å². The molecule has 0 aromatic heterocycles. The van der Waals surface area contributed by atoms with Crippen LogP contribution in [0.2, 0.25) is 0 Å². The lowest BCUT2D eigenvalue weighted by molar-refractivity contribution is -0.116. The van der Waals surface area contributed by atoms with Crippen molar-refractivity contribution in [2.24, 2.45) is 0 Å². The van der Waals surface area contributed by atoms with Crippen LogP contribution in [0.4, 0.5) is 0 Å². The SMILES string of the molecule is O=C(/C=C/c1ccccc1)CC1CCCO1. The summed E-state index contributed by atoms with van der Waals surface area (Å²) >= 11 is 0. The van der Waals surface area contributed by atoms with E-state index in [1.807, 2.05) is 36.4 Å². The monoisotopic (exact) mass is 216 g/mol. The number of ketones is 1. The van der Waals surface area contributed by atoms with Crippen molar-refractivity contribution in [2.45, 2.75) is 25.4 Å². The van der Waals surface area contributed by atoms with E-state index in [0.29, 0.717) is 6.42 Å². The van der Waals surface area contributed by atoms with Crippen LogP contribution in [0.15, 0.2) is 36.4 Å². The molecule has 1 unspecified atom stereocenters. The molecule has 84 valence electrons. The Morgan fingerprint density at radius 3 is 2.88 bits per heavy atom.